The molecule has 1 aromatic rings. The van der Waals surface area contributed by atoms with Crippen molar-refractivity contribution in [2.75, 3.05) is 0 Å². The number of rotatable bonds is 7. The van der Waals surface area contributed by atoms with Gasteiger partial charge >= 0.3 is 0 Å². The van der Waals surface area contributed by atoms with Crippen molar-refractivity contribution in [1.29, 1.82) is 0 Å². The predicted molar refractivity (Wildman–Crippen MR) is 93.9 cm³/mol. The summed E-state index contributed by atoms with van der Waals surface area (Å²) < 4.78 is 0. The summed E-state index contributed by atoms with van der Waals surface area (Å²) in [6, 6.07) is 11.5. The molecule has 0 aromatic heterocycles. The van der Waals surface area contributed by atoms with E-state index in [1.54, 1.807) is 22.2 Å². The van der Waals surface area contributed by atoms with Gasteiger partial charge in [-0.05, 0) is 0 Å². The van der Waals surface area contributed by atoms with Crippen molar-refractivity contribution in [2.24, 2.45) is 0 Å². The van der Waals surface area contributed by atoms with Crippen molar-refractivity contribution in [3.05, 3.63) is 30.3 Å². The monoisotopic (exact) mass is 296 g/mol. The molecule has 0 aliphatic heterocycles. The average molecular weight is 297 g/mol. The zero-order valence-electron chi connectivity index (χ0n) is 11.9. The highest BCUT2D eigenvalue weighted by Gasteiger charge is 2.15. The van der Waals surface area contributed by atoms with Gasteiger partial charge in [0, 0.05) is 27.1 Å². The van der Waals surface area contributed by atoms with Crippen LogP contribution in [0.4, 0.5) is 0 Å². The number of hydrogen-bond acceptors (Lipinski definition) is 0. The first kappa shape index (κ1) is 15.1. The Morgan fingerprint density at radius 2 is 1.53 bits per heavy atom. The first-order valence-corrected chi connectivity index (χ1v) is 17.6. The fourth-order valence-corrected chi connectivity index (χ4v) is 21.6. The Hall–Kier alpha value is 0.0875. The van der Waals surface area contributed by atoms with Crippen molar-refractivity contribution in [1.82, 2.24) is 0 Å². The molecule has 1 atom stereocenters. The average Bonchev–Trinajstić information content (AvgIpc) is 2.28. The van der Waals surface area contributed by atoms with Crippen LogP contribution in [-0.2, 0) is 0 Å². The van der Waals surface area contributed by atoms with E-state index < -0.39 is 8.80 Å². The molecule has 0 aliphatic carbocycles. The molecule has 1 aromatic carbocycles. The van der Waals surface area contributed by atoms with Gasteiger partial charge in [0.2, 0.25) is 0 Å². The van der Waals surface area contributed by atoms with E-state index in [1.807, 2.05) is 0 Å². The second-order valence-electron chi connectivity index (χ2n) is 6.06. The summed E-state index contributed by atoms with van der Waals surface area (Å²) in [5.74, 6) is 0. The van der Waals surface area contributed by atoms with Crippen LogP contribution in [-0.4, -0.2) is 35.9 Å². The minimum Gasteiger partial charge on any atom is -0.0724 e. The molecule has 17 heavy (non-hydrogen) atoms. The van der Waals surface area contributed by atoms with Crippen LogP contribution in [0, 0.1) is 0 Å². The molecule has 1 rings (SSSR count). The van der Waals surface area contributed by atoms with E-state index in [0.717, 1.165) is 0 Å². The third-order valence-electron chi connectivity index (χ3n) is 3.36. The lowest BCUT2D eigenvalue weighted by Crippen LogP contribution is -2.35. The lowest BCUT2D eigenvalue weighted by atomic mass is 10.4. The molecule has 0 bridgehead atoms. The molecule has 0 spiro atoms. The Morgan fingerprint density at radius 3 is 2.06 bits per heavy atom. The van der Waals surface area contributed by atoms with Gasteiger partial charge in [0.25, 0.3) is 0 Å². The smallest absolute Gasteiger partial charge is 0.0649 e. The molecule has 0 aliphatic rings. The highest BCUT2D eigenvalue weighted by molar-refractivity contribution is 6.89. The Morgan fingerprint density at radius 1 is 0.882 bits per heavy atom. The quantitative estimate of drug-likeness (QED) is 0.672. The first-order valence-electron chi connectivity index (χ1n) is 7.14. The van der Waals surface area contributed by atoms with E-state index in [9.17, 15) is 0 Å². The third-order valence-corrected chi connectivity index (χ3v) is 21.4. The maximum atomic E-state index is 2.53. The standard InChI is InChI=1S/C13H28Si4/c1-15(2)10-14-11-17(12-16(3)4)13-8-6-5-7-9-13/h5-9,15-17H,10-12,14H2,1-4H3. The predicted octanol–water partition coefficient (Wildman–Crippen LogP) is 1.72. The van der Waals surface area contributed by atoms with E-state index in [0.29, 0.717) is 0 Å². The summed E-state index contributed by atoms with van der Waals surface area (Å²) in [7, 11) is -0.922. The Bertz CT molecular complexity index is 298. The van der Waals surface area contributed by atoms with E-state index in [2.05, 4.69) is 56.5 Å². The number of hydrogen-bond donors (Lipinski definition) is 0. The highest BCUT2D eigenvalue weighted by Crippen LogP contribution is 2.05. The summed E-state index contributed by atoms with van der Waals surface area (Å²) in [6.45, 7) is 10.1. The van der Waals surface area contributed by atoms with Gasteiger partial charge < -0.3 is 0 Å². The molecule has 0 saturated heterocycles. The Kier molecular flexibility index (Phi) is 7.34. The topological polar surface area (TPSA) is 0 Å². The highest BCUT2D eigenvalue weighted by atomic mass is 28.4. The number of benzene rings is 1. The second-order valence-corrected chi connectivity index (χ2v) is 20.9. The summed E-state index contributed by atoms with van der Waals surface area (Å²) in [5.41, 5.74) is 5.03. The maximum Gasteiger partial charge on any atom is 0.0649 e. The zero-order chi connectivity index (χ0) is 12.7. The van der Waals surface area contributed by atoms with E-state index >= 15 is 0 Å². The van der Waals surface area contributed by atoms with Crippen LogP contribution < -0.4 is 5.19 Å². The Labute approximate surface area is 114 Å². The molecule has 0 nitrogen and oxygen atoms in total. The van der Waals surface area contributed by atoms with Crippen molar-refractivity contribution in [3.8, 4) is 0 Å². The summed E-state index contributed by atoms with van der Waals surface area (Å²) in [5, 5.41) is 1.76. The lowest BCUT2D eigenvalue weighted by molar-refractivity contribution is 1.64. The normalized spacial score (nSPS) is 14.0. The van der Waals surface area contributed by atoms with Crippen LogP contribution in [0.25, 0.3) is 0 Å². The lowest BCUT2D eigenvalue weighted by Gasteiger charge is -2.17. The van der Waals surface area contributed by atoms with Crippen LogP contribution in [0.15, 0.2) is 30.3 Å². The summed E-state index contributed by atoms with van der Waals surface area (Å²) in [6.07, 6.45) is 0. The van der Waals surface area contributed by atoms with Crippen molar-refractivity contribution >= 4 is 41.1 Å². The van der Waals surface area contributed by atoms with Gasteiger partial charge in [0.05, 0.1) is 8.80 Å². The van der Waals surface area contributed by atoms with Gasteiger partial charge in [-0.1, -0.05) is 78.7 Å². The zero-order valence-corrected chi connectivity index (χ0v) is 16.8. The van der Waals surface area contributed by atoms with E-state index in [1.165, 1.54) is 0 Å². The molecular weight excluding hydrogens is 268 g/mol. The van der Waals surface area contributed by atoms with E-state index in [-0.39, 0.29) is 27.1 Å². The van der Waals surface area contributed by atoms with E-state index in [4.69, 9.17) is 0 Å². The molecule has 0 saturated carbocycles. The van der Waals surface area contributed by atoms with Gasteiger partial charge in [-0.3, -0.25) is 0 Å². The second kappa shape index (κ2) is 8.24. The first-order chi connectivity index (χ1) is 8.09. The summed E-state index contributed by atoms with van der Waals surface area (Å²) in [4.78, 5) is 0. The van der Waals surface area contributed by atoms with Gasteiger partial charge in [-0.25, -0.2) is 0 Å². The molecule has 0 heterocycles. The van der Waals surface area contributed by atoms with Gasteiger partial charge in [-0.15, -0.1) is 0 Å². The van der Waals surface area contributed by atoms with Crippen molar-refractivity contribution in [2.45, 2.75) is 43.2 Å². The minimum atomic E-state index is -0.563. The molecule has 1 unspecified atom stereocenters. The van der Waals surface area contributed by atoms with Gasteiger partial charge in [0.1, 0.15) is 0 Å². The van der Waals surface area contributed by atoms with Crippen molar-refractivity contribution < 1.29 is 0 Å². The molecule has 96 valence electrons. The molecule has 0 fully saturated rings. The van der Waals surface area contributed by atoms with Crippen LogP contribution in [0.3, 0.4) is 0 Å². The van der Waals surface area contributed by atoms with Crippen LogP contribution in [0.1, 0.15) is 0 Å². The molecular formula is C13H28Si4. The fourth-order valence-electron chi connectivity index (χ4n) is 2.49. The largest absolute Gasteiger partial charge is 0.0724 e. The third kappa shape index (κ3) is 6.54. The van der Waals surface area contributed by atoms with Crippen LogP contribution >= 0.6 is 0 Å². The molecule has 4 heteroatoms. The summed E-state index contributed by atoms with van der Waals surface area (Å²) >= 11 is 0. The molecule has 0 radical (unpaired) electrons. The molecule has 0 N–H and O–H groups in total. The fraction of sp³-hybridized carbons (Fsp3) is 0.538. The van der Waals surface area contributed by atoms with Crippen LogP contribution in [0.5, 0.6) is 0 Å². The Balaban J connectivity index is 2.55. The minimum absolute atomic E-state index is 0.264. The van der Waals surface area contributed by atoms with Gasteiger partial charge in [-0.2, -0.15) is 0 Å². The SMILES string of the molecule is C[SiH](C)C[SiH2]C[SiH](C[SiH](C)C)c1ccccc1. The van der Waals surface area contributed by atoms with Crippen molar-refractivity contribution in [3.63, 3.8) is 0 Å². The maximum absolute atomic E-state index is 2.53. The van der Waals surface area contributed by atoms with Gasteiger partial charge in [0.15, 0.2) is 0 Å². The molecule has 0 amide bonds. The van der Waals surface area contributed by atoms with Crippen LogP contribution in [0.2, 0.25) is 43.2 Å².